The van der Waals surface area contributed by atoms with Crippen LogP contribution in [0.15, 0.2) is 0 Å². The lowest BCUT2D eigenvalue weighted by Gasteiger charge is -2.11. The molecule has 0 aliphatic carbocycles. The van der Waals surface area contributed by atoms with E-state index < -0.39 is 21.7 Å². The van der Waals surface area contributed by atoms with E-state index in [0.29, 0.717) is 0 Å². The molecular weight excluding hydrogens is 372 g/mol. The minimum absolute atomic E-state index is 0.821. The molecule has 3 heteroatoms. The first-order valence-corrected chi connectivity index (χ1v) is 18.3. The van der Waals surface area contributed by atoms with Crippen LogP contribution in [0, 0.1) is 34.8 Å². The average molecular weight is 417 g/mol. The zero-order valence-electron chi connectivity index (χ0n) is 19.7. The summed E-state index contributed by atoms with van der Waals surface area (Å²) in [4.78, 5) is 0. The van der Waals surface area contributed by atoms with Crippen molar-refractivity contribution in [1.29, 1.82) is 0 Å². The second-order valence-electron chi connectivity index (χ2n) is 9.94. The second kappa shape index (κ2) is 14.1. The van der Waals surface area contributed by atoms with Gasteiger partial charge in [-0.25, -0.2) is 0 Å². The molecule has 0 aromatic heterocycles. The van der Waals surface area contributed by atoms with Gasteiger partial charge in [0.05, 0.1) is 0 Å². The minimum atomic E-state index is -1.57. The molecule has 0 aromatic rings. The smallest absolute Gasteiger partial charge is 0.250 e. The molecule has 1 N–H and O–H groups in total. The standard InChI is InChI=1S/C25H44OSi2/c1-8-9-10-11-12-13-14-15-16-17-18-19-20-25(26,21-23-27(2,3)4)22-24-28(5,6)7/h26H,8-18H2,1-7H3. The van der Waals surface area contributed by atoms with E-state index in [0.717, 1.165) is 12.8 Å². The Kier molecular flexibility index (Phi) is 13.7. The van der Waals surface area contributed by atoms with Crippen molar-refractivity contribution in [2.75, 3.05) is 0 Å². The summed E-state index contributed by atoms with van der Waals surface area (Å²) < 4.78 is 0. The van der Waals surface area contributed by atoms with Gasteiger partial charge in [0.2, 0.25) is 5.60 Å². The van der Waals surface area contributed by atoms with E-state index in [-0.39, 0.29) is 0 Å². The van der Waals surface area contributed by atoms with E-state index in [4.69, 9.17) is 0 Å². The molecule has 0 saturated carbocycles. The van der Waals surface area contributed by atoms with Crippen LogP contribution in [0.4, 0.5) is 0 Å². The Labute approximate surface area is 178 Å². The van der Waals surface area contributed by atoms with Crippen molar-refractivity contribution in [1.82, 2.24) is 0 Å². The van der Waals surface area contributed by atoms with E-state index in [1.54, 1.807) is 0 Å². The molecule has 0 fully saturated rings. The number of hydrogen-bond donors (Lipinski definition) is 1. The minimum Gasteiger partial charge on any atom is -0.357 e. The van der Waals surface area contributed by atoms with Gasteiger partial charge < -0.3 is 5.11 Å². The fourth-order valence-electron chi connectivity index (χ4n) is 2.54. The van der Waals surface area contributed by atoms with Crippen LogP contribution >= 0.6 is 0 Å². The van der Waals surface area contributed by atoms with Crippen LogP contribution in [0.5, 0.6) is 0 Å². The van der Waals surface area contributed by atoms with Crippen LogP contribution in [0.3, 0.4) is 0 Å². The molecule has 0 aliphatic rings. The summed E-state index contributed by atoms with van der Waals surface area (Å²) >= 11 is 0. The Hall–Kier alpha value is -0.926. The molecule has 28 heavy (non-hydrogen) atoms. The van der Waals surface area contributed by atoms with Gasteiger partial charge in [0.15, 0.2) is 0 Å². The summed E-state index contributed by atoms with van der Waals surface area (Å²) in [7, 11) is -3.14. The van der Waals surface area contributed by atoms with Crippen molar-refractivity contribution in [3.63, 3.8) is 0 Å². The van der Waals surface area contributed by atoms with Gasteiger partial charge in [-0.1, -0.05) is 110 Å². The first kappa shape index (κ1) is 27.1. The Bertz CT molecular complexity index is 571. The predicted molar refractivity (Wildman–Crippen MR) is 131 cm³/mol. The molecule has 0 amide bonds. The third kappa shape index (κ3) is 18.4. The summed E-state index contributed by atoms with van der Waals surface area (Å²) in [6.07, 6.45) is 14.0. The third-order valence-electron chi connectivity index (χ3n) is 4.16. The van der Waals surface area contributed by atoms with Gasteiger partial charge in [0.1, 0.15) is 16.1 Å². The molecule has 0 radical (unpaired) electrons. The third-order valence-corrected chi connectivity index (χ3v) is 5.91. The van der Waals surface area contributed by atoms with E-state index in [9.17, 15) is 5.11 Å². The summed E-state index contributed by atoms with van der Waals surface area (Å²) in [5, 5.41) is 10.8. The molecule has 0 saturated heterocycles. The van der Waals surface area contributed by atoms with Crippen LogP contribution < -0.4 is 0 Å². The fourth-order valence-corrected chi connectivity index (χ4v) is 3.65. The van der Waals surface area contributed by atoms with Gasteiger partial charge in [0.25, 0.3) is 0 Å². The quantitative estimate of drug-likeness (QED) is 0.236. The number of hydrogen-bond acceptors (Lipinski definition) is 1. The van der Waals surface area contributed by atoms with E-state index in [1.165, 1.54) is 57.8 Å². The van der Waals surface area contributed by atoms with Crippen molar-refractivity contribution in [3.8, 4) is 34.8 Å². The van der Waals surface area contributed by atoms with Gasteiger partial charge >= 0.3 is 0 Å². The Morgan fingerprint density at radius 1 is 0.607 bits per heavy atom. The maximum absolute atomic E-state index is 10.8. The van der Waals surface area contributed by atoms with Crippen molar-refractivity contribution in [3.05, 3.63) is 0 Å². The number of unbranched alkanes of at least 4 members (excludes halogenated alkanes) is 10. The summed E-state index contributed by atoms with van der Waals surface area (Å²) in [6, 6.07) is 0. The van der Waals surface area contributed by atoms with Crippen LogP contribution in [0.1, 0.15) is 77.6 Å². The Balaban J connectivity index is 4.43. The highest BCUT2D eigenvalue weighted by molar-refractivity contribution is 6.84. The molecule has 0 rings (SSSR count). The molecule has 0 aliphatic heterocycles. The molecular formula is C25H44OSi2. The fraction of sp³-hybridized carbons (Fsp3) is 0.760. The lowest BCUT2D eigenvalue weighted by Crippen LogP contribution is -2.27. The lowest BCUT2D eigenvalue weighted by molar-refractivity contribution is 0.224. The Morgan fingerprint density at radius 3 is 1.39 bits per heavy atom. The largest absolute Gasteiger partial charge is 0.357 e. The van der Waals surface area contributed by atoms with Crippen LogP contribution in [-0.2, 0) is 0 Å². The number of rotatable bonds is 10. The van der Waals surface area contributed by atoms with E-state index >= 15 is 0 Å². The maximum Gasteiger partial charge on any atom is 0.250 e. The van der Waals surface area contributed by atoms with Gasteiger partial charge in [-0.15, -0.1) is 11.1 Å². The summed E-state index contributed by atoms with van der Waals surface area (Å²) in [5.41, 5.74) is 5.02. The molecule has 0 bridgehead atoms. The Morgan fingerprint density at radius 2 is 1.00 bits per heavy atom. The van der Waals surface area contributed by atoms with E-state index in [1.807, 2.05) is 0 Å². The average Bonchev–Trinajstić information content (AvgIpc) is 2.58. The molecule has 158 valence electrons. The summed E-state index contributed by atoms with van der Waals surface area (Å²) in [6.45, 7) is 15.3. The molecule has 1 nitrogen and oxygen atoms in total. The molecule has 0 heterocycles. The summed E-state index contributed by atoms with van der Waals surface area (Å²) in [5.74, 6) is 12.1. The topological polar surface area (TPSA) is 20.2 Å². The van der Waals surface area contributed by atoms with Crippen molar-refractivity contribution >= 4 is 16.1 Å². The molecule has 0 spiro atoms. The van der Waals surface area contributed by atoms with Gasteiger partial charge in [-0.2, -0.15) is 0 Å². The monoisotopic (exact) mass is 416 g/mol. The van der Waals surface area contributed by atoms with E-state index in [2.05, 4.69) is 81.0 Å². The predicted octanol–water partition coefficient (Wildman–Crippen LogP) is 6.79. The highest BCUT2D eigenvalue weighted by Gasteiger charge is 2.20. The van der Waals surface area contributed by atoms with Crippen molar-refractivity contribution in [2.45, 2.75) is 122 Å². The highest BCUT2D eigenvalue weighted by atomic mass is 28.3. The zero-order valence-corrected chi connectivity index (χ0v) is 21.7. The van der Waals surface area contributed by atoms with Crippen molar-refractivity contribution in [2.24, 2.45) is 0 Å². The first-order valence-electron chi connectivity index (χ1n) is 11.3. The number of aliphatic hydroxyl groups is 1. The molecule has 0 aromatic carbocycles. The molecule has 0 atom stereocenters. The second-order valence-corrected chi connectivity index (χ2v) is 19.4. The highest BCUT2D eigenvalue weighted by Crippen LogP contribution is 2.11. The van der Waals surface area contributed by atoms with Gasteiger partial charge in [0, 0.05) is 6.42 Å². The van der Waals surface area contributed by atoms with Gasteiger partial charge in [-0.3, -0.25) is 0 Å². The maximum atomic E-state index is 10.8. The normalized spacial score (nSPS) is 11.6. The molecule has 0 unspecified atom stereocenters. The van der Waals surface area contributed by atoms with Gasteiger partial charge in [-0.05, 0) is 24.2 Å². The lowest BCUT2D eigenvalue weighted by atomic mass is 10.1. The first-order chi connectivity index (χ1) is 13.0. The van der Waals surface area contributed by atoms with Crippen molar-refractivity contribution < 1.29 is 5.11 Å². The van der Waals surface area contributed by atoms with Crippen LogP contribution in [0.2, 0.25) is 39.3 Å². The van der Waals surface area contributed by atoms with Crippen LogP contribution in [0.25, 0.3) is 0 Å². The zero-order chi connectivity index (χ0) is 21.5. The SMILES string of the molecule is CCCCCCCCCCCCC#CC(O)(C#C[Si](C)(C)C)C#C[Si](C)(C)C. The van der Waals surface area contributed by atoms with Crippen LogP contribution in [-0.4, -0.2) is 26.9 Å².